The average Bonchev–Trinajstić information content (AvgIpc) is 2.30. The summed E-state index contributed by atoms with van der Waals surface area (Å²) in [6, 6.07) is 4.03. The third-order valence-corrected chi connectivity index (χ3v) is 2.32. The zero-order chi connectivity index (χ0) is 14.4. The topological polar surface area (TPSA) is 104 Å². The van der Waals surface area contributed by atoms with Gasteiger partial charge in [0.2, 0.25) is 5.91 Å². The Morgan fingerprint density at radius 2 is 1.84 bits per heavy atom. The number of carboxylic acids is 2. The molecule has 102 valence electrons. The van der Waals surface area contributed by atoms with E-state index in [1.165, 1.54) is 24.3 Å². The summed E-state index contributed by atoms with van der Waals surface area (Å²) in [6.07, 6.45) is -1.09. The summed E-state index contributed by atoms with van der Waals surface area (Å²) in [5, 5.41) is 19.3. The van der Waals surface area contributed by atoms with Crippen LogP contribution in [-0.4, -0.2) is 34.1 Å². The van der Waals surface area contributed by atoms with Gasteiger partial charge >= 0.3 is 11.9 Å². The van der Waals surface area contributed by atoms with Crippen molar-refractivity contribution in [2.24, 2.45) is 0 Å². The van der Waals surface area contributed by atoms with Crippen LogP contribution >= 0.6 is 0 Å². The van der Waals surface area contributed by atoms with E-state index < -0.39 is 36.1 Å². The number of amides is 1. The standard InChI is InChI=1S/C12H12FNO5/c13-8-4-2-1-3-7(8)5-10(15)14-9(12(18)19)6-11(16)17/h1-4,9H,5-6H2,(H,14,15)(H,16,17)(H,18,19)/t9-/m1/s1. The van der Waals surface area contributed by atoms with Crippen molar-refractivity contribution < 1.29 is 29.0 Å². The molecule has 0 fully saturated rings. The number of halogens is 1. The van der Waals surface area contributed by atoms with Crippen LogP contribution in [0.4, 0.5) is 4.39 Å². The molecule has 0 heterocycles. The zero-order valence-corrected chi connectivity index (χ0v) is 9.80. The molecule has 6 nitrogen and oxygen atoms in total. The van der Waals surface area contributed by atoms with E-state index in [0.717, 1.165) is 0 Å². The fraction of sp³-hybridized carbons (Fsp3) is 0.250. The van der Waals surface area contributed by atoms with Crippen molar-refractivity contribution in [1.29, 1.82) is 0 Å². The number of rotatable bonds is 6. The molecular formula is C12H12FNO5. The SMILES string of the molecule is O=C(O)C[C@@H](NC(=O)Cc1ccccc1F)C(=O)O. The van der Waals surface area contributed by atoms with Crippen molar-refractivity contribution in [3.8, 4) is 0 Å². The summed E-state index contributed by atoms with van der Waals surface area (Å²) >= 11 is 0. The Morgan fingerprint density at radius 3 is 2.37 bits per heavy atom. The Morgan fingerprint density at radius 1 is 1.21 bits per heavy atom. The molecule has 0 aliphatic carbocycles. The van der Waals surface area contributed by atoms with Gasteiger partial charge in [-0.05, 0) is 11.6 Å². The third kappa shape index (κ3) is 4.74. The maximum Gasteiger partial charge on any atom is 0.326 e. The van der Waals surface area contributed by atoms with E-state index in [-0.39, 0.29) is 12.0 Å². The minimum Gasteiger partial charge on any atom is -0.481 e. The lowest BCUT2D eigenvalue weighted by Crippen LogP contribution is -2.42. The summed E-state index contributed by atoms with van der Waals surface area (Å²) < 4.78 is 13.3. The zero-order valence-electron chi connectivity index (χ0n) is 9.80. The molecule has 19 heavy (non-hydrogen) atoms. The minimum atomic E-state index is -1.53. The van der Waals surface area contributed by atoms with Crippen LogP contribution in [0, 0.1) is 5.82 Å². The van der Waals surface area contributed by atoms with Crippen molar-refractivity contribution >= 4 is 17.8 Å². The van der Waals surface area contributed by atoms with Gasteiger partial charge in [-0.15, -0.1) is 0 Å². The molecule has 0 unspecified atom stereocenters. The maximum atomic E-state index is 13.3. The smallest absolute Gasteiger partial charge is 0.326 e. The second kappa shape index (κ2) is 6.48. The van der Waals surface area contributed by atoms with E-state index >= 15 is 0 Å². The molecule has 0 spiro atoms. The van der Waals surface area contributed by atoms with Gasteiger partial charge in [-0.25, -0.2) is 9.18 Å². The Balaban J connectivity index is 2.65. The molecule has 7 heteroatoms. The lowest BCUT2D eigenvalue weighted by Gasteiger charge is -2.12. The Labute approximate surface area is 107 Å². The number of carboxylic acid groups (broad SMARTS) is 2. The average molecular weight is 269 g/mol. The third-order valence-electron chi connectivity index (χ3n) is 2.32. The predicted octanol–water partition coefficient (Wildman–Crippen LogP) is 0.412. The van der Waals surface area contributed by atoms with E-state index in [2.05, 4.69) is 0 Å². The predicted molar refractivity (Wildman–Crippen MR) is 61.9 cm³/mol. The van der Waals surface area contributed by atoms with Crippen LogP contribution < -0.4 is 5.32 Å². The van der Waals surface area contributed by atoms with E-state index in [4.69, 9.17) is 10.2 Å². The second-order valence-corrected chi connectivity index (χ2v) is 3.82. The van der Waals surface area contributed by atoms with Crippen molar-refractivity contribution in [3.63, 3.8) is 0 Å². The summed E-state index contributed by atoms with van der Waals surface area (Å²) in [5.74, 6) is -4.13. The summed E-state index contributed by atoms with van der Waals surface area (Å²) in [4.78, 5) is 32.7. The molecule has 1 rings (SSSR count). The Bertz CT molecular complexity index is 503. The number of aliphatic carboxylic acids is 2. The molecule has 0 bridgehead atoms. The number of carbonyl (C=O) groups excluding carboxylic acids is 1. The van der Waals surface area contributed by atoms with Crippen LogP contribution in [0.25, 0.3) is 0 Å². The van der Waals surface area contributed by atoms with Gasteiger partial charge in [0.15, 0.2) is 0 Å². The van der Waals surface area contributed by atoms with E-state index in [9.17, 15) is 18.8 Å². The van der Waals surface area contributed by atoms with Crippen molar-refractivity contribution in [1.82, 2.24) is 5.32 Å². The van der Waals surface area contributed by atoms with Gasteiger partial charge < -0.3 is 15.5 Å². The highest BCUT2D eigenvalue weighted by molar-refractivity contribution is 5.87. The molecule has 0 aliphatic rings. The molecule has 1 aromatic carbocycles. The highest BCUT2D eigenvalue weighted by atomic mass is 19.1. The first-order chi connectivity index (χ1) is 8.90. The van der Waals surface area contributed by atoms with Gasteiger partial charge in [-0.1, -0.05) is 18.2 Å². The normalized spacial score (nSPS) is 11.6. The quantitative estimate of drug-likeness (QED) is 0.694. The molecule has 0 saturated heterocycles. The molecule has 0 aliphatic heterocycles. The minimum absolute atomic E-state index is 0.111. The lowest BCUT2D eigenvalue weighted by molar-refractivity contribution is -0.147. The van der Waals surface area contributed by atoms with Gasteiger partial charge in [0.25, 0.3) is 0 Å². The molecule has 0 aromatic heterocycles. The van der Waals surface area contributed by atoms with Gasteiger partial charge in [0.1, 0.15) is 11.9 Å². The van der Waals surface area contributed by atoms with Crippen molar-refractivity contribution in [3.05, 3.63) is 35.6 Å². The molecule has 0 saturated carbocycles. The number of hydrogen-bond acceptors (Lipinski definition) is 3. The van der Waals surface area contributed by atoms with Crippen molar-refractivity contribution in [2.75, 3.05) is 0 Å². The molecule has 1 amide bonds. The fourth-order valence-electron chi connectivity index (χ4n) is 1.43. The van der Waals surface area contributed by atoms with Gasteiger partial charge in [0, 0.05) is 0 Å². The summed E-state index contributed by atoms with van der Waals surface area (Å²) in [6.45, 7) is 0. The molecule has 0 radical (unpaired) electrons. The monoisotopic (exact) mass is 269 g/mol. The van der Waals surface area contributed by atoms with Crippen LogP contribution in [0.2, 0.25) is 0 Å². The summed E-state index contributed by atoms with van der Waals surface area (Å²) in [5.41, 5.74) is 0.111. The molecule has 1 atom stereocenters. The van der Waals surface area contributed by atoms with Crippen LogP contribution in [0.15, 0.2) is 24.3 Å². The molecule has 3 N–H and O–H groups in total. The van der Waals surface area contributed by atoms with Gasteiger partial charge in [-0.3, -0.25) is 9.59 Å². The van der Waals surface area contributed by atoms with Crippen LogP contribution in [-0.2, 0) is 20.8 Å². The van der Waals surface area contributed by atoms with Crippen LogP contribution in [0.5, 0.6) is 0 Å². The number of benzene rings is 1. The number of nitrogens with one attached hydrogen (secondary N) is 1. The Kier molecular flexibility index (Phi) is 4.99. The first-order valence-electron chi connectivity index (χ1n) is 5.37. The molecule has 1 aromatic rings. The first-order valence-corrected chi connectivity index (χ1v) is 5.37. The largest absolute Gasteiger partial charge is 0.481 e. The van der Waals surface area contributed by atoms with E-state index in [1.807, 2.05) is 5.32 Å². The second-order valence-electron chi connectivity index (χ2n) is 3.82. The van der Waals surface area contributed by atoms with Crippen molar-refractivity contribution in [2.45, 2.75) is 18.9 Å². The maximum absolute atomic E-state index is 13.3. The lowest BCUT2D eigenvalue weighted by atomic mass is 10.1. The summed E-state index contributed by atoms with van der Waals surface area (Å²) in [7, 11) is 0. The number of carbonyl (C=O) groups is 3. The van der Waals surface area contributed by atoms with E-state index in [0.29, 0.717) is 0 Å². The number of hydrogen-bond donors (Lipinski definition) is 3. The van der Waals surface area contributed by atoms with Crippen LogP contribution in [0.1, 0.15) is 12.0 Å². The fourth-order valence-corrected chi connectivity index (χ4v) is 1.43. The highest BCUT2D eigenvalue weighted by Crippen LogP contribution is 2.07. The van der Waals surface area contributed by atoms with E-state index in [1.54, 1.807) is 0 Å². The highest BCUT2D eigenvalue weighted by Gasteiger charge is 2.23. The Hall–Kier alpha value is -2.44. The first kappa shape index (κ1) is 14.6. The van der Waals surface area contributed by atoms with Crippen LogP contribution in [0.3, 0.4) is 0 Å². The van der Waals surface area contributed by atoms with Gasteiger partial charge in [0.05, 0.1) is 12.8 Å². The molecular weight excluding hydrogens is 257 g/mol. The van der Waals surface area contributed by atoms with Gasteiger partial charge in [-0.2, -0.15) is 0 Å².